The summed E-state index contributed by atoms with van der Waals surface area (Å²) in [6.45, 7) is 7.13. The molecule has 0 atom stereocenters. The molecule has 0 fully saturated rings. The van der Waals surface area contributed by atoms with Gasteiger partial charge in [0.2, 0.25) is 0 Å². The van der Waals surface area contributed by atoms with Crippen molar-refractivity contribution in [3.63, 3.8) is 0 Å². The minimum atomic E-state index is -0.410. The number of rotatable bonds is 8. The summed E-state index contributed by atoms with van der Waals surface area (Å²) in [6, 6.07) is 4.34. The Morgan fingerprint density at radius 2 is 2.19 bits per heavy atom. The van der Waals surface area contributed by atoms with Gasteiger partial charge in [0, 0.05) is 32.3 Å². The van der Waals surface area contributed by atoms with Crippen molar-refractivity contribution in [2.45, 2.75) is 20.4 Å². The Balaban J connectivity index is 2.96. The van der Waals surface area contributed by atoms with E-state index >= 15 is 0 Å². The minimum absolute atomic E-state index is 0.0826. The van der Waals surface area contributed by atoms with E-state index in [1.165, 1.54) is 12.1 Å². The Labute approximate surface area is 125 Å². The summed E-state index contributed by atoms with van der Waals surface area (Å²) in [5.74, 6) is 0.00278. The normalized spacial score (nSPS) is 12.4. The van der Waals surface area contributed by atoms with Crippen molar-refractivity contribution < 1.29 is 14.3 Å². The van der Waals surface area contributed by atoms with Gasteiger partial charge in [0.25, 0.3) is 0 Å². The van der Waals surface area contributed by atoms with Crippen LogP contribution in [0.3, 0.4) is 0 Å². The van der Waals surface area contributed by atoms with Crippen LogP contribution in [0.15, 0.2) is 23.4 Å². The largest absolute Gasteiger partial charge is 0.409 e. The molecule has 1 rings (SSSR count). The van der Waals surface area contributed by atoms with Gasteiger partial charge in [-0.1, -0.05) is 25.1 Å². The standard InChI is InChI=1S/C15H24FN3O2/c1-11(2)9-19(6-7-21-3)10-12-4-5-13(16)8-14(12)15(17)18-20/h4-5,8,11,20H,6-7,9-10H2,1-3H3,(H2,17,18). The average molecular weight is 297 g/mol. The molecule has 0 aromatic heterocycles. The fourth-order valence-electron chi connectivity index (χ4n) is 2.19. The number of halogens is 1. The molecule has 1 aromatic rings. The van der Waals surface area contributed by atoms with Crippen LogP contribution in [0.1, 0.15) is 25.0 Å². The molecule has 0 unspecified atom stereocenters. The zero-order valence-corrected chi connectivity index (χ0v) is 12.8. The fourth-order valence-corrected chi connectivity index (χ4v) is 2.19. The first-order chi connectivity index (χ1) is 9.97. The number of nitrogens with zero attached hydrogens (tertiary/aromatic N) is 2. The monoisotopic (exact) mass is 297 g/mol. The molecule has 118 valence electrons. The van der Waals surface area contributed by atoms with Crippen LogP contribution in [0.2, 0.25) is 0 Å². The lowest BCUT2D eigenvalue weighted by atomic mass is 10.1. The predicted molar refractivity (Wildman–Crippen MR) is 80.9 cm³/mol. The molecule has 0 aliphatic rings. The summed E-state index contributed by atoms with van der Waals surface area (Å²) >= 11 is 0. The highest BCUT2D eigenvalue weighted by Crippen LogP contribution is 2.15. The van der Waals surface area contributed by atoms with Crippen LogP contribution in [0.25, 0.3) is 0 Å². The molecule has 0 bridgehead atoms. The number of nitrogens with two attached hydrogens (primary N) is 1. The van der Waals surface area contributed by atoms with E-state index < -0.39 is 5.82 Å². The van der Waals surface area contributed by atoms with Crippen LogP contribution in [-0.4, -0.2) is 42.7 Å². The highest BCUT2D eigenvalue weighted by atomic mass is 19.1. The molecule has 0 heterocycles. The van der Waals surface area contributed by atoms with E-state index in [0.717, 1.165) is 18.7 Å². The molecule has 0 aliphatic heterocycles. The molecule has 0 radical (unpaired) electrons. The van der Waals surface area contributed by atoms with Gasteiger partial charge >= 0.3 is 0 Å². The third-order valence-corrected chi connectivity index (χ3v) is 3.08. The van der Waals surface area contributed by atoms with Crippen LogP contribution >= 0.6 is 0 Å². The molecule has 0 saturated carbocycles. The van der Waals surface area contributed by atoms with E-state index in [9.17, 15) is 4.39 Å². The van der Waals surface area contributed by atoms with Crippen molar-refractivity contribution in [1.82, 2.24) is 4.90 Å². The Hall–Kier alpha value is -1.66. The van der Waals surface area contributed by atoms with Gasteiger partial charge in [-0.05, 0) is 23.6 Å². The molecular formula is C15H24FN3O2. The van der Waals surface area contributed by atoms with Crippen LogP contribution in [0.4, 0.5) is 4.39 Å². The van der Waals surface area contributed by atoms with Crippen molar-refractivity contribution >= 4 is 5.84 Å². The van der Waals surface area contributed by atoms with Crippen LogP contribution in [0.5, 0.6) is 0 Å². The van der Waals surface area contributed by atoms with E-state index in [4.69, 9.17) is 15.7 Å². The Morgan fingerprint density at radius 1 is 1.48 bits per heavy atom. The number of hydrogen-bond acceptors (Lipinski definition) is 4. The zero-order chi connectivity index (χ0) is 15.8. The van der Waals surface area contributed by atoms with Crippen molar-refractivity contribution in [2.24, 2.45) is 16.8 Å². The molecular weight excluding hydrogens is 273 g/mol. The number of benzene rings is 1. The molecule has 0 amide bonds. The highest BCUT2D eigenvalue weighted by Gasteiger charge is 2.14. The van der Waals surface area contributed by atoms with E-state index in [1.807, 2.05) is 0 Å². The second-order valence-corrected chi connectivity index (χ2v) is 5.41. The summed E-state index contributed by atoms with van der Waals surface area (Å²) < 4.78 is 18.5. The molecule has 0 saturated heterocycles. The number of ether oxygens (including phenoxy) is 1. The first-order valence-corrected chi connectivity index (χ1v) is 6.95. The smallest absolute Gasteiger partial charge is 0.170 e. The lowest BCUT2D eigenvalue weighted by Gasteiger charge is -2.25. The predicted octanol–water partition coefficient (Wildman–Crippen LogP) is 2.02. The lowest BCUT2D eigenvalue weighted by Crippen LogP contribution is -2.31. The van der Waals surface area contributed by atoms with E-state index in [-0.39, 0.29) is 5.84 Å². The van der Waals surface area contributed by atoms with E-state index in [0.29, 0.717) is 24.6 Å². The Morgan fingerprint density at radius 3 is 2.76 bits per heavy atom. The Bertz CT molecular complexity index is 478. The average Bonchev–Trinajstić information content (AvgIpc) is 2.45. The van der Waals surface area contributed by atoms with Gasteiger partial charge in [-0.25, -0.2) is 4.39 Å². The second-order valence-electron chi connectivity index (χ2n) is 5.41. The van der Waals surface area contributed by atoms with Crippen molar-refractivity contribution in [3.05, 3.63) is 35.1 Å². The summed E-state index contributed by atoms with van der Waals surface area (Å²) in [4.78, 5) is 2.20. The van der Waals surface area contributed by atoms with Gasteiger partial charge in [0.1, 0.15) is 5.82 Å². The maximum Gasteiger partial charge on any atom is 0.170 e. The Kier molecular flexibility index (Phi) is 7.11. The quantitative estimate of drug-likeness (QED) is 0.333. The highest BCUT2D eigenvalue weighted by molar-refractivity contribution is 5.98. The van der Waals surface area contributed by atoms with Gasteiger partial charge in [-0.2, -0.15) is 0 Å². The summed E-state index contributed by atoms with van der Waals surface area (Å²) in [7, 11) is 1.66. The van der Waals surface area contributed by atoms with Crippen molar-refractivity contribution in [2.75, 3.05) is 26.8 Å². The van der Waals surface area contributed by atoms with Gasteiger partial charge in [0.05, 0.1) is 6.61 Å². The number of amidine groups is 1. The maximum absolute atomic E-state index is 13.4. The third kappa shape index (κ3) is 5.69. The fraction of sp³-hybridized carbons (Fsp3) is 0.533. The minimum Gasteiger partial charge on any atom is -0.409 e. The van der Waals surface area contributed by atoms with Crippen LogP contribution in [-0.2, 0) is 11.3 Å². The zero-order valence-electron chi connectivity index (χ0n) is 12.8. The third-order valence-electron chi connectivity index (χ3n) is 3.08. The lowest BCUT2D eigenvalue weighted by molar-refractivity contribution is 0.136. The number of oxime groups is 1. The van der Waals surface area contributed by atoms with Gasteiger partial charge in [0.15, 0.2) is 5.84 Å². The maximum atomic E-state index is 13.4. The molecule has 3 N–H and O–H groups in total. The SMILES string of the molecule is COCCN(Cc1ccc(F)cc1C(N)=NO)CC(C)C. The van der Waals surface area contributed by atoms with Gasteiger partial charge < -0.3 is 15.7 Å². The molecule has 5 nitrogen and oxygen atoms in total. The first-order valence-electron chi connectivity index (χ1n) is 6.95. The molecule has 0 spiro atoms. The van der Waals surface area contributed by atoms with Gasteiger partial charge in [-0.3, -0.25) is 4.90 Å². The second kappa shape index (κ2) is 8.59. The summed E-state index contributed by atoms with van der Waals surface area (Å²) in [6.07, 6.45) is 0. The number of hydrogen-bond donors (Lipinski definition) is 2. The van der Waals surface area contributed by atoms with Crippen molar-refractivity contribution in [1.29, 1.82) is 0 Å². The number of methoxy groups -OCH3 is 1. The van der Waals surface area contributed by atoms with Crippen LogP contribution in [0, 0.1) is 11.7 Å². The molecule has 6 heteroatoms. The first kappa shape index (κ1) is 17.4. The van der Waals surface area contributed by atoms with Crippen LogP contribution < -0.4 is 5.73 Å². The molecule has 1 aromatic carbocycles. The molecule has 21 heavy (non-hydrogen) atoms. The van der Waals surface area contributed by atoms with E-state index in [1.54, 1.807) is 13.2 Å². The summed E-state index contributed by atoms with van der Waals surface area (Å²) in [5, 5.41) is 11.8. The topological polar surface area (TPSA) is 71.1 Å². The van der Waals surface area contributed by atoms with E-state index in [2.05, 4.69) is 23.9 Å². The summed E-state index contributed by atoms with van der Waals surface area (Å²) in [5.41, 5.74) is 6.87. The van der Waals surface area contributed by atoms with Gasteiger partial charge in [-0.15, -0.1) is 0 Å². The van der Waals surface area contributed by atoms with Crippen molar-refractivity contribution in [3.8, 4) is 0 Å². The molecule has 0 aliphatic carbocycles.